The molecule has 0 radical (unpaired) electrons. The van der Waals surface area contributed by atoms with Crippen LogP contribution in [0.4, 0.5) is 10.5 Å². The normalized spacial score (nSPS) is 15.6. The Hall–Kier alpha value is -2.83. The van der Waals surface area contributed by atoms with Crippen molar-refractivity contribution >= 4 is 52.8 Å². The molecule has 1 aliphatic heterocycles. The zero-order valence-corrected chi connectivity index (χ0v) is 18.2. The van der Waals surface area contributed by atoms with Crippen LogP contribution in [0.3, 0.4) is 0 Å². The molecule has 3 rings (SSSR count). The Bertz CT molecular complexity index is 1060. The molecule has 8 heteroatoms. The van der Waals surface area contributed by atoms with E-state index >= 15 is 0 Å². The number of nitrogens with one attached hydrogen (secondary N) is 1. The zero-order chi connectivity index (χ0) is 22.0. The molecule has 1 fully saturated rings. The lowest BCUT2D eigenvalue weighted by atomic mass is 10.0. The smallest absolute Gasteiger partial charge is 0.335 e. The summed E-state index contributed by atoms with van der Waals surface area (Å²) in [5.41, 5.74) is 2.53. The number of rotatable bonds is 5. The molecule has 2 aromatic rings. The van der Waals surface area contributed by atoms with Gasteiger partial charge in [0.1, 0.15) is 5.57 Å². The highest BCUT2D eigenvalue weighted by atomic mass is 35.5. The molecular weight excluding hydrogens is 427 g/mol. The topological polar surface area (TPSA) is 75.7 Å². The number of hydrogen-bond donors (Lipinski definition) is 1. The Kier molecular flexibility index (Phi) is 6.48. The van der Waals surface area contributed by atoms with Gasteiger partial charge in [0.05, 0.1) is 22.3 Å². The van der Waals surface area contributed by atoms with Crippen molar-refractivity contribution in [2.45, 2.75) is 27.2 Å². The van der Waals surface area contributed by atoms with E-state index in [0.29, 0.717) is 23.6 Å². The van der Waals surface area contributed by atoms with Crippen LogP contribution in [0, 0.1) is 13.8 Å². The maximum Gasteiger partial charge on any atom is 0.335 e. The molecule has 0 saturated carbocycles. The van der Waals surface area contributed by atoms with E-state index in [4.69, 9.17) is 27.9 Å². The van der Waals surface area contributed by atoms with E-state index < -0.39 is 17.8 Å². The molecule has 156 valence electrons. The van der Waals surface area contributed by atoms with Crippen molar-refractivity contribution in [2.24, 2.45) is 0 Å². The summed E-state index contributed by atoms with van der Waals surface area (Å²) < 4.78 is 5.53. The van der Waals surface area contributed by atoms with Crippen LogP contribution >= 0.6 is 23.2 Å². The Morgan fingerprint density at radius 1 is 1.03 bits per heavy atom. The number of ether oxygens (including phenoxy) is 1. The summed E-state index contributed by atoms with van der Waals surface area (Å²) >= 11 is 12.5. The van der Waals surface area contributed by atoms with Gasteiger partial charge in [0.25, 0.3) is 11.8 Å². The second-order valence-corrected chi connectivity index (χ2v) is 7.70. The fraction of sp³-hybridized carbons (Fsp3) is 0.227. The summed E-state index contributed by atoms with van der Waals surface area (Å²) in [6.07, 6.45) is 2.13. The summed E-state index contributed by atoms with van der Waals surface area (Å²) in [5.74, 6) is -1.18. The summed E-state index contributed by atoms with van der Waals surface area (Å²) in [7, 11) is 0. The van der Waals surface area contributed by atoms with Crippen LogP contribution in [0.2, 0.25) is 10.0 Å². The molecule has 0 spiro atoms. The Balaban J connectivity index is 1.99. The molecule has 4 amide bonds. The van der Waals surface area contributed by atoms with Gasteiger partial charge in [-0.25, -0.2) is 9.69 Å². The lowest BCUT2D eigenvalue weighted by Gasteiger charge is -2.27. The number of urea groups is 1. The van der Waals surface area contributed by atoms with Crippen molar-refractivity contribution in [1.82, 2.24) is 5.32 Å². The molecule has 0 unspecified atom stereocenters. The average Bonchev–Trinajstić information content (AvgIpc) is 2.67. The van der Waals surface area contributed by atoms with Gasteiger partial charge in [-0.05, 0) is 67.3 Å². The van der Waals surface area contributed by atoms with E-state index in [2.05, 4.69) is 5.32 Å². The van der Waals surface area contributed by atoms with Gasteiger partial charge in [0, 0.05) is 0 Å². The number of carbonyl (C=O) groups excluding carboxylic acids is 3. The molecule has 0 bridgehead atoms. The zero-order valence-electron chi connectivity index (χ0n) is 16.7. The molecule has 1 aliphatic rings. The summed E-state index contributed by atoms with van der Waals surface area (Å²) in [4.78, 5) is 38.7. The molecule has 2 aromatic carbocycles. The van der Waals surface area contributed by atoms with Gasteiger partial charge in [0.15, 0.2) is 5.75 Å². The molecule has 1 heterocycles. The lowest BCUT2D eigenvalue weighted by molar-refractivity contribution is -0.122. The van der Waals surface area contributed by atoms with Crippen LogP contribution in [0.15, 0.2) is 35.9 Å². The highest BCUT2D eigenvalue weighted by Crippen LogP contribution is 2.35. The van der Waals surface area contributed by atoms with E-state index in [9.17, 15) is 14.4 Å². The van der Waals surface area contributed by atoms with Crippen LogP contribution in [-0.2, 0) is 9.59 Å². The van der Waals surface area contributed by atoms with Crippen molar-refractivity contribution in [2.75, 3.05) is 11.5 Å². The summed E-state index contributed by atoms with van der Waals surface area (Å²) in [6.45, 7) is 6.21. The number of imide groups is 2. The maximum atomic E-state index is 13.0. The van der Waals surface area contributed by atoms with Gasteiger partial charge in [0.2, 0.25) is 0 Å². The first kappa shape index (κ1) is 21.9. The van der Waals surface area contributed by atoms with Gasteiger partial charge in [-0.15, -0.1) is 0 Å². The highest BCUT2D eigenvalue weighted by molar-refractivity contribution is 6.40. The fourth-order valence-electron chi connectivity index (χ4n) is 2.93. The first-order valence-corrected chi connectivity index (χ1v) is 10.1. The standard InChI is InChI=1S/C22H20Cl2N2O4/c1-4-7-30-19-17(23)10-14(11-18(19)24)9-16-20(27)25-22(29)26(21(16)28)15-6-5-12(2)13(3)8-15/h5-6,8-11H,4,7H2,1-3H3,(H,25,27,29)/b16-9+. The van der Waals surface area contributed by atoms with Crippen molar-refractivity contribution in [1.29, 1.82) is 0 Å². The quantitative estimate of drug-likeness (QED) is 0.513. The highest BCUT2D eigenvalue weighted by Gasteiger charge is 2.37. The molecule has 0 aliphatic carbocycles. The third-order valence-corrected chi connectivity index (χ3v) is 5.19. The van der Waals surface area contributed by atoms with Gasteiger partial charge in [-0.1, -0.05) is 36.2 Å². The van der Waals surface area contributed by atoms with Gasteiger partial charge in [-0.2, -0.15) is 0 Å². The number of amides is 4. The van der Waals surface area contributed by atoms with Gasteiger partial charge >= 0.3 is 6.03 Å². The van der Waals surface area contributed by atoms with E-state index in [-0.39, 0.29) is 15.6 Å². The summed E-state index contributed by atoms with van der Waals surface area (Å²) in [5, 5.41) is 2.72. The number of benzene rings is 2. The molecule has 6 nitrogen and oxygen atoms in total. The molecular formula is C22H20Cl2N2O4. The number of barbiturate groups is 1. The minimum atomic E-state index is -0.801. The van der Waals surface area contributed by atoms with Crippen LogP contribution in [0.1, 0.15) is 30.0 Å². The van der Waals surface area contributed by atoms with Crippen molar-refractivity contribution in [3.8, 4) is 5.75 Å². The van der Waals surface area contributed by atoms with Crippen LogP contribution < -0.4 is 15.0 Å². The third-order valence-electron chi connectivity index (χ3n) is 4.63. The van der Waals surface area contributed by atoms with E-state index in [1.807, 2.05) is 20.8 Å². The number of aryl methyl sites for hydroxylation is 2. The number of anilines is 1. The summed E-state index contributed by atoms with van der Waals surface area (Å²) in [6, 6.07) is 7.46. The minimum absolute atomic E-state index is 0.206. The predicted octanol–water partition coefficient (Wildman–Crippen LogP) is 5.07. The van der Waals surface area contributed by atoms with E-state index in [0.717, 1.165) is 22.4 Å². The Morgan fingerprint density at radius 2 is 1.70 bits per heavy atom. The SMILES string of the molecule is CCCOc1c(Cl)cc(/C=C2\C(=O)NC(=O)N(c3ccc(C)c(C)c3)C2=O)cc1Cl. The third kappa shape index (κ3) is 4.35. The molecule has 1 saturated heterocycles. The van der Waals surface area contributed by atoms with Crippen molar-refractivity contribution in [3.63, 3.8) is 0 Å². The number of halogens is 2. The second-order valence-electron chi connectivity index (χ2n) is 6.89. The van der Waals surface area contributed by atoms with Crippen LogP contribution in [0.5, 0.6) is 5.75 Å². The fourth-order valence-corrected chi connectivity index (χ4v) is 3.54. The first-order valence-electron chi connectivity index (χ1n) is 9.33. The average molecular weight is 447 g/mol. The largest absolute Gasteiger partial charge is 0.490 e. The number of hydrogen-bond acceptors (Lipinski definition) is 4. The van der Waals surface area contributed by atoms with Crippen LogP contribution in [0.25, 0.3) is 6.08 Å². The molecule has 30 heavy (non-hydrogen) atoms. The number of nitrogens with zero attached hydrogens (tertiary/aromatic N) is 1. The Morgan fingerprint density at radius 3 is 2.30 bits per heavy atom. The van der Waals surface area contributed by atoms with Crippen LogP contribution in [-0.4, -0.2) is 24.5 Å². The van der Waals surface area contributed by atoms with Crippen molar-refractivity contribution < 1.29 is 19.1 Å². The first-order chi connectivity index (χ1) is 14.2. The predicted molar refractivity (Wildman–Crippen MR) is 117 cm³/mol. The second kappa shape index (κ2) is 8.90. The Labute approximate surface area is 184 Å². The van der Waals surface area contributed by atoms with Gasteiger partial charge < -0.3 is 4.74 Å². The van der Waals surface area contributed by atoms with E-state index in [1.54, 1.807) is 30.3 Å². The molecule has 0 atom stereocenters. The van der Waals surface area contributed by atoms with E-state index in [1.165, 1.54) is 6.08 Å². The number of carbonyl (C=O) groups is 3. The monoisotopic (exact) mass is 446 g/mol. The van der Waals surface area contributed by atoms with Gasteiger partial charge in [-0.3, -0.25) is 14.9 Å². The minimum Gasteiger partial charge on any atom is -0.490 e. The molecule has 0 aromatic heterocycles. The maximum absolute atomic E-state index is 13.0. The van der Waals surface area contributed by atoms with Crippen molar-refractivity contribution in [3.05, 3.63) is 62.6 Å². The lowest BCUT2D eigenvalue weighted by Crippen LogP contribution is -2.54. The molecule has 1 N–H and O–H groups in total.